The monoisotopic (exact) mass is 259 g/mol. The van der Waals surface area contributed by atoms with Gasteiger partial charge in [0, 0.05) is 12.1 Å². The number of rotatable bonds is 3. The maximum atomic E-state index is 11.5. The second kappa shape index (κ2) is 4.64. The SMILES string of the molecule is CC(=O)c1c(C)nn(-c2ccc([N+](=O)[O-])cc2)c1C. The van der Waals surface area contributed by atoms with E-state index in [2.05, 4.69) is 5.10 Å². The van der Waals surface area contributed by atoms with Crippen LogP contribution in [0.4, 0.5) is 5.69 Å². The number of hydrogen-bond acceptors (Lipinski definition) is 4. The summed E-state index contributed by atoms with van der Waals surface area (Å²) < 4.78 is 1.62. The Bertz CT molecular complexity index is 657. The van der Waals surface area contributed by atoms with Gasteiger partial charge >= 0.3 is 0 Å². The lowest BCUT2D eigenvalue weighted by atomic mass is 10.1. The smallest absolute Gasteiger partial charge is 0.269 e. The molecule has 1 aromatic carbocycles. The van der Waals surface area contributed by atoms with Crippen molar-refractivity contribution in [1.82, 2.24) is 9.78 Å². The zero-order valence-corrected chi connectivity index (χ0v) is 10.9. The van der Waals surface area contributed by atoms with E-state index in [9.17, 15) is 14.9 Å². The molecular formula is C13H13N3O3. The van der Waals surface area contributed by atoms with E-state index in [4.69, 9.17) is 0 Å². The first-order valence-corrected chi connectivity index (χ1v) is 5.74. The lowest BCUT2D eigenvalue weighted by Gasteiger charge is -2.04. The number of aryl methyl sites for hydroxylation is 1. The van der Waals surface area contributed by atoms with E-state index in [1.807, 2.05) is 0 Å². The van der Waals surface area contributed by atoms with Crippen molar-refractivity contribution in [2.75, 3.05) is 0 Å². The molecular weight excluding hydrogens is 246 g/mol. The van der Waals surface area contributed by atoms with Crippen molar-refractivity contribution in [3.63, 3.8) is 0 Å². The minimum Gasteiger partial charge on any atom is -0.294 e. The number of carbonyl (C=O) groups is 1. The molecule has 0 radical (unpaired) electrons. The van der Waals surface area contributed by atoms with Gasteiger partial charge in [0.15, 0.2) is 5.78 Å². The van der Waals surface area contributed by atoms with Crippen LogP contribution in [0.25, 0.3) is 5.69 Å². The maximum Gasteiger partial charge on any atom is 0.269 e. The topological polar surface area (TPSA) is 78.0 Å². The van der Waals surface area contributed by atoms with Crippen molar-refractivity contribution in [1.29, 1.82) is 0 Å². The highest BCUT2D eigenvalue weighted by atomic mass is 16.6. The van der Waals surface area contributed by atoms with Crippen LogP contribution in [0.2, 0.25) is 0 Å². The third-order valence-electron chi connectivity index (χ3n) is 2.95. The molecule has 1 heterocycles. The molecule has 0 bridgehead atoms. The zero-order chi connectivity index (χ0) is 14.2. The highest BCUT2D eigenvalue weighted by molar-refractivity contribution is 5.96. The average Bonchev–Trinajstić information content (AvgIpc) is 2.65. The second-order valence-corrected chi connectivity index (χ2v) is 4.29. The number of benzene rings is 1. The van der Waals surface area contributed by atoms with E-state index in [1.54, 1.807) is 30.7 Å². The summed E-state index contributed by atoms with van der Waals surface area (Å²) in [6.07, 6.45) is 0. The summed E-state index contributed by atoms with van der Waals surface area (Å²) in [5.74, 6) is -0.0387. The molecule has 0 unspecified atom stereocenters. The molecule has 6 heteroatoms. The number of nitro groups is 1. The van der Waals surface area contributed by atoms with Crippen molar-refractivity contribution >= 4 is 11.5 Å². The van der Waals surface area contributed by atoms with Gasteiger partial charge in [0.25, 0.3) is 5.69 Å². The number of ketones is 1. The molecule has 1 aromatic heterocycles. The first-order chi connectivity index (χ1) is 8.91. The predicted molar refractivity (Wildman–Crippen MR) is 69.7 cm³/mol. The Morgan fingerprint density at radius 1 is 1.26 bits per heavy atom. The Hall–Kier alpha value is -2.50. The highest BCUT2D eigenvalue weighted by Crippen LogP contribution is 2.20. The van der Waals surface area contributed by atoms with Gasteiger partial charge < -0.3 is 0 Å². The van der Waals surface area contributed by atoms with Crippen molar-refractivity contribution in [2.24, 2.45) is 0 Å². The first kappa shape index (κ1) is 12.9. The van der Waals surface area contributed by atoms with E-state index < -0.39 is 4.92 Å². The molecule has 0 aliphatic rings. The lowest BCUT2D eigenvalue weighted by Crippen LogP contribution is -2.01. The Kier molecular flexibility index (Phi) is 3.16. The van der Waals surface area contributed by atoms with Crippen molar-refractivity contribution in [3.05, 3.63) is 51.3 Å². The molecule has 98 valence electrons. The summed E-state index contributed by atoms with van der Waals surface area (Å²) in [7, 11) is 0. The average molecular weight is 259 g/mol. The summed E-state index contributed by atoms with van der Waals surface area (Å²) in [6, 6.07) is 6.06. The molecule has 0 aliphatic heterocycles. The molecule has 2 aromatic rings. The third kappa shape index (κ3) is 2.24. The summed E-state index contributed by atoms with van der Waals surface area (Å²) in [5.41, 5.74) is 2.70. The zero-order valence-electron chi connectivity index (χ0n) is 10.9. The summed E-state index contributed by atoms with van der Waals surface area (Å²) in [4.78, 5) is 21.7. The number of Topliss-reactive ketones (excluding diaryl/α,β-unsaturated/α-hetero) is 1. The molecule has 0 aliphatic carbocycles. The quantitative estimate of drug-likeness (QED) is 0.482. The normalized spacial score (nSPS) is 10.5. The Labute approximate surface area is 109 Å². The van der Waals surface area contributed by atoms with E-state index in [-0.39, 0.29) is 11.5 Å². The summed E-state index contributed by atoms with van der Waals surface area (Å²) in [5, 5.41) is 14.9. The Morgan fingerprint density at radius 2 is 1.84 bits per heavy atom. The van der Waals surface area contributed by atoms with E-state index in [0.29, 0.717) is 16.9 Å². The van der Waals surface area contributed by atoms with Crippen molar-refractivity contribution in [2.45, 2.75) is 20.8 Å². The second-order valence-electron chi connectivity index (χ2n) is 4.29. The van der Waals surface area contributed by atoms with E-state index in [1.165, 1.54) is 19.1 Å². The summed E-state index contributed by atoms with van der Waals surface area (Å²) >= 11 is 0. The molecule has 6 nitrogen and oxygen atoms in total. The summed E-state index contributed by atoms with van der Waals surface area (Å²) in [6.45, 7) is 5.07. The highest BCUT2D eigenvalue weighted by Gasteiger charge is 2.16. The van der Waals surface area contributed by atoms with E-state index in [0.717, 1.165) is 5.69 Å². The minimum absolute atomic E-state index is 0.0251. The van der Waals surface area contributed by atoms with Gasteiger partial charge in [-0.2, -0.15) is 5.10 Å². The standard InChI is InChI=1S/C13H13N3O3/c1-8-13(10(3)17)9(2)15(14-8)11-4-6-12(7-5-11)16(18)19/h4-7H,1-3H3. The number of hydrogen-bond donors (Lipinski definition) is 0. The maximum absolute atomic E-state index is 11.5. The molecule has 0 atom stereocenters. The van der Waals surface area contributed by atoms with Crippen LogP contribution in [-0.4, -0.2) is 20.5 Å². The lowest BCUT2D eigenvalue weighted by molar-refractivity contribution is -0.384. The number of aromatic nitrogens is 2. The van der Waals surface area contributed by atoms with Crippen LogP contribution in [0.1, 0.15) is 28.7 Å². The van der Waals surface area contributed by atoms with Gasteiger partial charge in [0.1, 0.15) is 0 Å². The number of nitro benzene ring substituents is 1. The van der Waals surface area contributed by atoms with Gasteiger partial charge in [-0.25, -0.2) is 4.68 Å². The fourth-order valence-electron chi connectivity index (χ4n) is 2.12. The van der Waals surface area contributed by atoms with Gasteiger partial charge in [0.2, 0.25) is 0 Å². The van der Waals surface area contributed by atoms with Crippen molar-refractivity contribution in [3.8, 4) is 5.69 Å². The minimum atomic E-state index is -0.452. The number of non-ortho nitro benzene ring substituents is 1. The van der Waals surface area contributed by atoms with Gasteiger partial charge in [-0.3, -0.25) is 14.9 Å². The predicted octanol–water partition coefficient (Wildman–Crippen LogP) is 2.60. The van der Waals surface area contributed by atoms with Crippen LogP contribution >= 0.6 is 0 Å². The third-order valence-corrected chi connectivity index (χ3v) is 2.95. The molecule has 19 heavy (non-hydrogen) atoms. The Balaban J connectivity index is 2.51. The fourth-order valence-corrected chi connectivity index (χ4v) is 2.12. The van der Waals surface area contributed by atoms with E-state index >= 15 is 0 Å². The van der Waals surface area contributed by atoms with Crippen LogP contribution in [0.15, 0.2) is 24.3 Å². The first-order valence-electron chi connectivity index (χ1n) is 5.74. The van der Waals surface area contributed by atoms with Crippen LogP contribution < -0.4 is 0 Å². The molecule has 0 fully saturated rings. The number of carbonyl (C=O) groups excluding carboxylic acids is 1. The molecule has 0 saturated carbocycles. The largest absolute Gasteiger partial charge is 0.294 e. The van der Waals surface area contributed by atoms with Crippen LogP contribution in [0.5, 0.6) is 0 Å². The van der Waals surface area contributed by atoms with Gasteiger partial charge in [-0.05, 0) is 32.9 Å². The molecule has 0 amide bonds. The molecule has 0 N–H and O–H groups in total. The van der Waals surface area contributed by atoms with Gasteiger partial charge in [0.05, 0.1) is 27.6 Å². The number of nitrogens with zero attached hydrogens (tertiary/aromatic N) is 3. The van der Waals surface area contributed by atoms with Crippen LogP contribution in [0, 0.1) is 24.0 Å². The van der Waals surface area contributed by atoms with Gasteiger partial charge in [-0.1, -0.05) is 0 Å². The molecule has 0 saturated heterocycles. The van der Waals surface area contributed by atoms with Crippen LogP contribution in [0.3, 0.4) is 0 Å². The molecule has 2 rings (SSSR count). The van der Waals surface area contributed by atoms with Gasteiger partial charge in [-0.15, -0.1) is 0 Å². The molecule has 0 spiro atoms. The van der Waals surface area contributed by atoms with Crippen LogP contribution in [-0.2, 0) is 0 Å². The van der Waals surface area contributed by atoms with Crippen molar-refractivity contribution < 1.29 is 9.72 Å². The fraction of sp³-hybridized carbons (Fsp3) is 0.231. The Morgan fingerprint density at radius 3 is 2.26 bits per heavy atom.